The Kier molecular flexibility index (Phi) is 7.86. The molecule has 2 N–H and O–H groups in total. The van der Waals surface area contributed by atoms with Crippen molar-refractivity contribution >= 4 is 11.6 Å². The van der Waals surface area contributed by atoms with Gasteiger partial charge in [-0.25, -0.2) is 0 Å². The van der Waals surface area contributed by atoms with Gasteiger partial charge in [0.2, 0.25) is 0 Å². The van der Waals surface area contributed by atoms with Crippen LogP contribution in [0, 0.1) is 0 Å². The third kappa shape index (κ3) is 6.29. The second kappa shape index (κ2) is 10.3. The van der Waals surface area contributed by atoms with E-state index in [1.165, 1.54) is 13.2 Å². The van der Waals surface area contributed by atoms with Gasteiger partial charge in [0.05, 0.1) is 7.11 Å². The van der Waals surface area contributed by atoms with Gasteiger partial charge in [0.15, 0.2) is 5.96 Å². The minimum atomic E-state index is -2.89. The second-order valence-electron chi connectivity index (χ2n) is 6.20. The summed E-state index contributed by atoms with van der Waals surface area (Å²) >= 11 is 0. The summed E-state index contributed by atoms with van der Waals surface area (Å²) in [6, 6.07) is 12.8. The number of hydrogen-bond acceptors (Lipinski definition) is 4. The van der Waals surface area contributed by atoms with Crippen LogP contribution in [0.25, 0.3) is 0 Å². The third-order valence-electron chi connectivity index (χ3n) is 4.04. The van der Waals surface area contributed by atoms with Crippen LogP contribution in [-0.2, 0) is 13.1 Å². The highest BCUT2D eigenvalue weighted by atomic mass is 19.3. The highest BCUT2D eigenvalue weighted by molar-refractivity contribution is 5.79. The fourth-order valence-corrected chi connectivity index (χ4v) is 2.56. The molecule has 0 bridgehead atoms. The summed E-state index contributed by atoms with van der Waals surface area (Å²) in [6.07, 6.45) is 0. The van der Waals surface area contributed by atoms with Gasteiger partial charge in [0.25, 0.3) is 0 Å². The first kappa shape index (κ1) is 21.3. The molecule has 0 aliphatic rings. The predicted octanol–water partition coefficient (Wildman–Crippen LogP) is 3.23. The lowest BCUT2D eigenvalue weighted by Crippen LogP contribution is -2.36. The summed E-state index contributed by atoms with van der Waals surface area (Å²) in [5.74, 6) is 1.19. The molecule has 0 aliphatic carbocycles. The molecule has 2 rings (SSSR count). The fourth-order valence-electron chi connectivity index (χ4n) is 2.56. The molecule has 0 aromatic heterocycles. The number of nitrogens with one attached hydrogen (secondary N) is 2. The predicted molar refractivity (Wildman–Crippen MR) is 107 cm³/mol. The highest BCUT2D eigenvalue weighted by Crippen LogP contribution is 2.25. The van der Waals surface area contributed by atoms with Gasteiger partial charge in [-0.1, -0.05) is 12.1 Å². The Morgan fingerprint density at radius 2 is 1.86 bits per heavy atom. The number of halogens is 2. The van der Waals surface area contributed by atoms with E-state index in [0.29, 0.717) is 23.8 Å². The molecule has 0 aliphatic heterocycles. The van der Waals surface area contributed by atoms with Gasteiger partial charge >= 0.3 is 6.61 Å². The standard InChI is InChI=1S/C20H26F2N4O2/c1-23-20(24-12-14-6-5-7-16(10-14)26(2)3)25-13-15-11-17(27-4)8-9-18(15)28-19(21)22/h5-11,19H,12-13H2,1-4H3,(H2,23,24,25). The zero-order valence-corrected chi connectivity index (χ0v) is 16.5. The molecule has 152 valence electrons. The van der Waals surface area contributed by atoms with Crippen molar-refractivity contribution in [1.82, 2.24) is 10.6 Å². The zero-order valence-electron chi connectivity index (χ0n) is 16.5. The number of ether oxygens (including phenoxy) is 2. The van der Waals surface area contributed by atoms with Crippen molar-refractivity contribution in [3.63, 3.8) is 0 Å². The molecule has 0 amide bonds. The molecule has 0 saturated heterocycles. The van der Waals surface area contributed by atoms with Crippen LogP contribution < -0.4 is 25.0 Å². The maximum atomic E-state index is 12.6. The van der Waals surface area contributed by atoms with Crippen LogP contribution in [-0.4, -0.2) is 40.8 Å². The number of guanidine groups is 1. The molecule has 2 aromatic rings. The van der Waals surface area contributed by atoms with E-state index >= 15 is 0 Å². The minimum Gasteiger partial charge on any atom is -0.497 e. The molecule has 0 heterocycles. The Hall–Kier alpha value is -3.03. The number of anilines is 1. The van der Waals surface area contributed by atoms with E-state index < -0.39 is 6.61 Å². The van der Waals surface area contributed by atoms with Crippen LogP contribution in [0.15, 0.2) is 47.5 Å². The number of aliphatic imine (C=N–C) groups is 1. The Morgan fingerprint density at radius 3 is 2.50 bits per heavy atom. The number of alkyl halides is 2. The number of nitrogens with zero attached hydrogens (tertiary/aromatic N) is 2. The van der Waals surface area contributed by atoms with Gasteiger partial charge in [-0.3, -0.25) is 4.99 Å². The molecule has 0 spiro atoms. The molecule has 0 radical (unpaired) electrons. The van der Waals surface area contributed by atoms with Crippen molar-refractivity contribution in [3.05, 3.63) is 53.6 Å². The number of benzene rings is 2. The number of hydrogen-bond donors (Lipinski definition) is 2. The van der Waals surface area contributed by atoms with Crippen molar-refractivity contribution < 1.29 is 18.3 Å². The van der Waals surface area contributed by atoms with Gasteiger partial charge in [0, 0.05) is 45.5 Å². The van der Waals surface area contributed by atoms with Crippen LogP contribution in [0.5, 0.6) is 11.5 Å². The molecular formula is C20H26F2N4O2. The highest BCUT2D eigenvalue weighted by Gasteiger charge is 2.11. The lowest BCUT2D eigenvalue weighted by atomic mass is 10.2. The molecule has 0 saturated carbocycles. The average molecular weight is 392 g/mol. The smallest absolute Gasteiger partial charge is 0.387 e. The summed E-state index contributed by atoms with van der Waals surface area (Å²) in [5.41, 5.74) is 2.74. The molecule has 2 aromatic carbocycles. The first-order valence-corrected chi connectivity index (χ1v) is 8.75. The molecule has 6 nitrogen and oxygen atoms in total. The van der Waals surface area contributed by atoms with Crippen LogP contribution in [0.2, 0.25) is 0 Å². The number of methoxy groups -OCH3 is 1. The van der Waals surface area contributed by atoms with Crippen molar-refractivity contribution in [3.8, 4) is 11.5 Å². The number of rotatable bonds is 8. The normalized spacial score (nSPS) is 11.3. The Morgan fingerprint density at radius 1 is 1.11 bits per heavy atom. The van der Waals surface area contributed by atoms with E-state index in [9.17, 15) is 8.78 Å². The monoisotopic (exact) mass is 392 g/mol. The molecule has 0 fully saturated rings. The van der Waals surface area contributed by atoms with E-state index in [2.05, 4.69) is 26.4 Å². The van der Waals surface area contributed by atoms with Crippen molar-refractivity contribution in [1.29, 1.82) is 0 Å². The van der Waals surface area contributed by atoms with Gasteiger partial charge in [-0.05, 0) is 35.9 Å². The van der Waals surface area contributed by atoms with Crippen molar-refractivity contribution in [2.75, 3.05) is 33.2 Å². The maximum absolute atomic E-state index is 12.6. The summed E-state index contributed by atoms with van der Waals surface area (Å²) in [4.78, 5) is 6.20. The van der Waals surface area contributed by atoms with Gasteiger partial charge in [0.1, 0.15) is 11.5 Å². The van der Waals surface area contributed by atoms with Crippen LogP contribution >= 0.6 is 0 Å². The lowest BCUT2D eigenvalue weighted by Gasteiger charge is -2.16. The lowest BCUT2D eigenvalue weighted by molar-refractivity contribution is -0.0504. The van der Waals surface area contributed by atoms with Crippen LogP contribution in [0.4, 0.5) is 14.5 Å². The first-order valence-electron chi connectivity index (χ1n) is 8.75. The first-order chi connectivity index (χ1) is 13.4. The summed E-state index contributed by atoms with van der Waals surface area (Å²) < 4.78 is 35.0. The summed E-state index contributed by atoms with van der Waals surface area (Å²) in [7, 11) is 7.14. The van der Waals surface area contributed by atoms with Crippen molar-refractivity contribution in [2.45, 2.75) is 19.7 Å². The van der Waals surface area contributed by atoms with Crippen molar-refractivity contribution in [2.24, 2.45) is 4.99 Å². The topological polar surface area (TPSA) is 58.1 Å². The Labute approximate surface area is 164 Å². The molecule has 28 heavy (non-hydrogen) atoms. The molecule has 0 unspecified atom stereocenters. The van der Waals surface area contributed by atoms with E-state index in [4.69, 9.17) is 4.74 Å². The van der Waals surface area contributed by atoms with Gasteiger partial charge in [-0.2, -0.15) is 8.78 Å². The summed E-state index contributed by atoms with van der Waals surface area (Å²) in [5, 5.41) is 6.32. The van der Waals surface area contributed by atoms with Gasteiger partial charge in [-0.15, -0.1) is 0 Å². The largest absolute Gasteiger partial charge is 0.497 e. The second-order valence-corrected chi connectivity index (χ2v) is 6.20. The minimum absolute atomic E-state index is 0.0948. The zero-order chi connectivity index (χ0) is 20.5. The Bertz CT molecular complexity index is 798. The fraction of sp³-hybridized carbons (Fsp3) is 0.350. The molecule has 8 heteroatoms. The van der Waals surface area contributed by atoms with Gasteiger partial charge < -0.3 is 25.0 Å². The molecular weight excluding hydrogens is 366 g/mol. The van der Waals surface area contributed by atoms with E-state index in [0.717, 1.165) is 11.3 Å². The Balaban J connectivity index is 2.01. The van der Waals surface area contributed by atoms with E-state index in [-0.39, 0.29) is 12.3 Å². The van der Waals surface area contributed by atoms with Crippen LogP contribution in [0.1, 0.15) is 11.1 Å². The van der Waals surface area contributed by atoms with E-state index in [1.807, 2.05) is 37.2 Å². The molecule has 0 atom stereocenters. The maximum Gasteiger partial charge on any atom is 0.387 e. The van der Waals surface area contributed by atoms with Crippen LogP contribution in [0.3, 0.4) is 0 Å². The average Bonchev–Trinajstić information content (AvgIpc) is 2.68. The van der Waals surface area contributed by atoms with E-state index in [1.54, 1.807) is 19.2 Å². The SMILES string of the molecule is CN=C(NCc1cccc(N(C)C)c1)NCc1cc(OC)ccc1OC(F)F. The quantitative estimate of drug-likeness (QED) is 0.534. The summed E-state index contributed by atoms with van der Waals surface area (Å²) in [6.45, 7) is -2.08. The third-order valence-corrected chi connectivity index (χ3v) is 4.04.